The van der Waals surface area contributed by atoms with Gasteiger partial charge in [0.1, 0.15) is 5.75 Å². The van der Waals surface area contributed by atoms with E-state index in [0.717, 1.165) is 0 Å². The molecule has 1 saturated heterocycles. The summed E-state index contributed by atoms with van der Waals surface area (Å²) in [5, 5.41) is 2.72. The maximum Gasteiger partial charge on any atom is 0.249 e. The van der Waals surface area contributed by atoms with Crippen LogP contribution in [-0.4, -0.2) is 46.9 Å². The molecule has 0 aliphatic carbocycles. The Hall–Kier alpha value is -2.94. The van der Waals surface area contributed by atoms with E-state index in [1.54, 1.807) is 49.6 Å². The van der Waals surface area contributed by atoms with Crippen LogP contribution in [0.5, 0.6) is 17.2 Å². The lowest BCUT2D eigenvalue weighted by molar-refractivity contribution is -0.118. The second kappa shape index (κ2) is 8.43. The number of benzene rings is 2. The smallest absolute Gasteiger partial charge is 0.249 e. The highest BCUT2D eigenvalue weighted by Gasteiger charge is 2.52. The summed E-state index contributed by atoms with van der Waals surface area (Å²) in [4.78, 5) is 13.1. The number of hydrogen-bond donors (Lipinski definition) is 1. The number of amides is 1. The highest BCUT2D eigenvalue weighted by atomic mass is 32.2. The summed E-state index contributed by atoms with van der Waals surface area (Å²) < 4.78 is 42.1. The molecule has 1 fully saturated rings. The van der Waals surface area contributed by atoms with Crippen molar-refractivity contribution in [2.24, 2.45) is 0 Å². The van der Waals surface area contributed by atoms with Gasteiger partial charge in [-0.3, -0.25) is 9.10 Å². The molecule has 0 spiro atoms. The molecule has 1 heterocycles. The second-order valence-corrected chi connectivity index (χ2v) is 9.43. The molecule has 1 aliphatic rings. The van der Waals surface area contributed by atoms with Crippen molar-refractivity contribution >= 4 is 27.3 Å². The van der Waals surface area contributed by atoms with Gasteiger partial charge in [0.25, 0.3) is 0 Å². The van der Waals surface area contributed by atoms with Crippen molar-refractivity contribution in [3.63, 3.8) is 0 Å². The zero-order valence-electron chi connectivity index (χ0n) is 17.5. The lowest BCUT2D eigenvalue weighted by Crippen LogP contribution is -2.57. The Morgan fingerprint density at radius 1 is 1.00 bits per heavy atom. The molecular formula is C21H26N2O6S. The third-order valence-electron chi connectivity index (χ3n) is 5.36. The summed E-state index contributed by atoms with van der Waals surface area (Å²) in [6.07, 6.45) is 0.780. The van der Waals surface area contributed by atoms with Crippen LogP contribution in [0.3, 0.4) is 0 Å². The van der Waals surface area contributed by atoms with Crippen molar-refractivity contribution in [1.82, 2.24) is 0 Å². The van der Waals surface area contributed by atoms with E-state index in [1.165, 1.54) is 25.4 Å². The predicted molar refractivity (Wildman–Crippen MR) is 115 cm³/mol. The van der Waals surface area contributed by atoms with E-state index < -0.39 is 20.7 Å². The first kappa shape index (κ1) is 21.8. The Bertz CT molecular complexity index is 1020. The van der Waals surface area contributed by atoms with Gasteiger partial charge in [0.2, 0.25) is 15.9 Å². The fourth-order valence-corrected chi connectivity index (χ4v) is 5.42. The van der Waals surface area contributed by atoms with Crippen LogP contribution < -0.4 is 23.8 Å². The van der Waals surface area contributed by atoms with Crippen molar-refractivity contribution in [2.75, 3.05) is 37.5 Å². The summed E-state index contributed by atoms with van der Waals surface area (Å²) in [5.74, 6) is 0.986. The van der Waals surface area contributed by atoms with Gasteiger partial charge < -0.3 is 19.5 Å². The van der Waals surface area contributed by atoms with Crippen LogP contribution in [-0.2, 0) is 14.8 Å². The van der Waals surface area contributed by atoms with E-state index in [9.17, 15) is 13.2 Å². The van der Waals surface area contributed by atoms with Crippen LogP contribution in [0, 0.1) is 0 Å². The summed E-state index contributed by atoms with van der Waals surface area (Å²) in [7, 11) is 0.587. The van der Waals surface area contributed by atoms with E-state index in [2.05, 4.69) is 5.32 Å². The molecule has 1 N–H and O–H groups in total. The quantitative estimate of drug-likeness (QED) is 0.751. The monoisotopic (exact) mass is 434 g/mol. The Balaban J connectivity index is 1.88. The van der Waals surface area contributed by atoms with Crippen LogP contribution in [0.2, 0.25) is 0 Å². The SMILES string of the molecule is COc1ccc(N2CCC[C@@](C)(C(=O)Nc3ccc(OC)c(OC)c3)S2(=O)=O)cc1. The molecule has 162 valence electrons. The van der Waals surface area contributed by atoms with Crippen LogP contribution in [0.4, 0.5) is 11.4 Å². The number of carbonyl (C=O) groups excluding carboxylic acids is 1. The third kappa shape index (κ3) is 3.77. The Kier molecular flexibility index (Phi) is 6.12. The molecular weight excluding hydrogens is 408 g/mol. The Labute approximate surface area is 176 Å². The average molecular weight is 435 g/mol. The topological polar surface area (TPSA) is 94.2 Å². The van der Waals surface area contributed by atoms with E-state index in [0.29, 0.717) is 41.6 Å². The van der Waals surface area contributed by atoms with Crippen LogP contribution in [0.15, 0.2) is 42.5 Å². The zero-order chi connectivity index (χ0) is 21.9. The van der Waals surface area contributed by atoms with Crippen molar-refractivity contribution in [2.45, 2.75) is 24.5 Å². The minimum Gasteiger partial charge on any atom is -0.497 e. The molecule has 30 heavy (non-hydrogen) atoms. The molecule has 8 nitrogen and oxygen atoms in total. The molecule has 0 bridgehead atoms. The number of nitrogens with zero attached hydrogens (tertiary/aromatic N) is 1. The highest BCUT2D eigenvalue weighted by molar-refractivity contribution is 7.95. The molecule has 1 aliphatic heterocycles. The molecule has 0 unspecified atom stereocenters. The molecule has 2 aromatic rings. The van der Waals surface area contributed by atoms with Crippen molar-refractivity contribution in [3.8, 4) is 17.2 Å². The van der Waals surface area contributed by atoms with Gasteiger partial charge >= 0.3 is 0 Å². The fourth-order valence-electron chi connectivity index (χ4n) is 3.48. The van der Waals surface area contributed by atoms with Crippen molar-refractivity contribution in [3.05, 3.63) is 42.5 Å². The molecule has 0 aromatic heterocycles. The second-order valence-electron chi connectivity index (χ2n) is 7.13. The zero-order valence-corrected chi connectivity index (χ0v) is 18.3. The van der Waals surface area contributed by atoms with E-state index >= 15 is 0 Å². The number of anilines is 2. The molecule has 3 rings (SSSR count). The van der Waals surface area contributed by atoms with Crippen LogP contribution in [0.25, 0.3) is 0 Å². The standard InChI is InChI=1S/C21H26N2O6S/c1-21(20(24)22-15-6-11-18(28-3)19(14-15)29-4)12-5-13-23(30(21,25)26)16-7-9-17(27-2)10-8-16/h6-11,14H,5,12-13H2,1-4H3,(H,22,24)/t21-/m0/s1. The third-order valence-corrected chi connectivity index (χ3v) is 7.86. The lowest BCUT2D eigenvalue weighted by Gasteiger charge is -2.39. The number of ether oxygens (including phenoxy) is 3. The number of methoxy groups -OCH3 is 3. The fraction of sp³-hybridized carbons (Fsp3) is 0.381. The molecule has 0 radical (unpaired) electrons. The number of carbonyl (C=O) groups is 1. The minimum atomic E-state index is -3.96. The largest absolute Gasteiger partial charge is 0.497 e. The van der Waals surface area contributed by atoms with E-state index in [-0.39, 0.29) is 6.42 Å². The lowest BCUT2D eigenvalue weighted by atomic mass is 10.0. The maximum atomic E-state index is 13.4. The first-order chi connectivity index (χ1) is 14.3. The average Bonchev–Trinajstić information content (AvgIpc) is 2.75. The molecule has 1 atom stereocenters. The van der Waals surface area contributed by atoms with Crippen molar-refractivity contribution < 1.29 is 27.4 Å². The van der Waals surface area contributed by atoms with Gasteiger partial charge in [-0.05, 0) is 56.2 Å². The van der Waals surface area contributed by atoms with Crippen LogP contribution >= 0.6 is 0 Å². The first-order valence-electron chi connectivity index (χ1n) is 9.46. The number of rotatable bonds is 6. The van der Waals surface area contributed by atoms with Gasteiger partial charge in [-0.15, -0.1) is 0 Å². The normalized spacial score (nSPS) is 20.3. The number of hydrogen-bond acceptors (Lipinski definition) is 6. The Morgan fingerprint density at radius 3 is 2.27 bits per heavy atom. The van der Waals surface area contributed by atoms with Gasteiger partial charge in [-0.1, -0.05) is 0 Å². The van der Waals surface area contributed by atoms with E-state index in [4.69, 9.17) is 14.2 Å². The molecule has 2 aromatic carbocycles. The van der Waals surface area contributed by atoms with Crippen LogP contribution in [0.1, 0.15) is 19.8 Å². The number of sulfonamides is 1. The summed E-state index contributed by atoms with van der Waals surface area (Å²) in [5.41, 5.74) is 0.927. The summed E-state index contributed by atoms with van der Waals surface area (Å²) in [6.45, 7) is 1.78. The minimum absolute atomic E-state index is 0.223. The van der Waals surface area contributed by atoms with E-state index in [1.807, 2.05) is 0 Å². The van der Waals surface area contributed by atoms with Crippen molar-refractivity contribution in [1.29, 1.82) is 0 Å². The maximum absolute atomic E-state index is 13.4. The van der Waals surface area contributed by atoms with Gasteiger partial charge in [0.15, 0.2) is 16.2 Å². The highest BCUT2D eigenvalue weighted by Crippen LogP contribution is 2.37. The number of nitrogens with one attached hydrogen (secondary N) is 1. The summed E-state index contributed by atoms with van der Waals surface area (Å²) >= 11 is 0. The van der Waals surface area contributed by atoms with Gasteiger partial charge in [0.05, 0.1) is 27.0 Å². The summed E-state index contributed by atoms with van der Waals surface area (Å²) in [6, 6.07) is 11.6. The first-order valence-corrected chi connectivity index (χ1v) is 10.9. The molecule has 0 saturated carbocycles. The molecule has 1 amide bonds. The Morgan fingerprint density at radius 2 is 1.67 bits per heavy atom. The van der Waals surface area contributed by atoms with Gasteiger partial charge in [-0.25, -0.2) is 8.42 Å². The van der Waals surface area contributed by atoms with Gasteiger partial charge in [0, 0.05) is 18.3 Å². The predicted octanol–water partition coefficient (Wildman–Crippen LogP) is 3.04. The van der Waals surface area contributed by atoms with Gasteiger partial charge in [-0.2, -0.15) is 0 Å². The molecule has 9 heteroatoms.